The lowest BCUT2D eigenvalue weighted by molar-refractivity contribution is -0.159. The van der Waals surface area contributed by atoms with Crippen molar-refractivity contribution in [2.45, 2.75) is 71.3 Å². The molecule has 0 spiro atoms. The number of hydrogen-bond donors (Lipinski definition) is 1. The number of nitrogens with one attached hydrogen (secondary N) is 1. The molecule has 5 aliphatic rings. The van der Waals surface area contributed by atoms with Crippen LogP contribution in [0.5, 0.6) is 0 Å². The molecule has 1 aromatic rings. The van der Waals surface area contributed by atoms with Gasteiger partial charge in [-0.15, -0.1) is 5.10 Å². The number of amides is 2. The third-order valence-electron chi connectivity index (χ3n) is 7.96. The van der Waals surface area contributed by atoms with Crippen molar-refractivity contribution in [1.29, 1.82) is 0 Å². The second-order valence-corrected chi connectivity index (χ2v) is 10.9. The van der Waals surface area contributed by atoms with E-state index in [1.807, 2.05) is 4.68 Å². The first-order chi connectivity index (χ1) is 14.4. The fourth-order valence-electron chi connectivity index (χ4n) is 7.01. The minimum Gasteiger partial charge on any atom is -0.350 e. The normalized spacial score (nSPS) is 35.1. The van der Waals surface area contributed by atoms with Gasteiger partial charge < -0.3 is 10.2 Å². The highest BCUT2D eigenvalue weighted by molar-refractivity contribution is 5.91. The van der Waals surface area contributed by atoms with Gasteiger partial charge in [-0.25, -0.2) is 4.68 Å². The summed E-state index contributed by atoms with van der Waals surface area (Å²) in [5.41, 5.74) is 0.279. The van der Waals surface area contributed by atoms with Crippen LogP contribution in [0.15, 0.2) is 6.20 Å². The smallest absolute Gasteiger partial charge is 0.273 e. The Morgan fingerprint density at radius 1 is 1.17 bits per heavy atom. The van der Waals surface area contributed by atoms with Crippen LogP contribution in [0.4, 0.5) is 0 Å². The van der Waals surface area contributed by atoms with E-state index < -0.39 is 0 Å². The number of hydrogen-bond acceptors (Lipinski definition) is 4. The third kappa shape index (κ3) is 3.65. The van der Waals surface area contributed by atoms with Crippen molar-refractivity contribution in [2.75, 3.05) is 19.6 Å². The highest BCUT2D eigenvalue weighted by Gasteiger charge is 2.55. The maximum atomic E-state index is 13.7. The molecule has 1 saturated heterocycles. The number of aromatic nitrogens is 3. The molecule has 1 unspecified atom stereocenters. The zero-order chi connectivity index (χ0) is 20.9. The molecule has 2 amide bonds. The van der Waals surface area contributed by atoms with Crippen LogP contribution in [-0.2, 0) is 4.79 Å². The van der Waals surface area contributed by atoms with Crippen LogP contribution in [-0.4, -0.2) is 51.3 Å². The molecule has 1 N–H and O–H groups in total. The second-order valence-electron chi connectivity index (χ2n) is 10.9. The van der Waals surface area contributed by atoms with Gasteiger partial charge in [0.15, 0.2) is 5.69 Å². The van der Waals surface area contributed by atoms with Crippen LogP contribution >= 0.6 is 0 Å². The maximum Gasteiger partial charge on any atom is 0.273 e. The Kier molecular flexibility index (Phi) is 5.10. The number of carbonyl (C=O) groups excluding carboxylic acids is 2. The van der Waals surface area contributed by atoms with Crippen LogP contribution in [0.2, 0.25) is 0 Å². The summed E-state index contributed by atoms with van der Waals surface area (Å²) in [6, 6.07) is 0.107. The Morgan fingerprint density at radius 2 is 1.83 bits per heavy atom. The van der Waals surface area contributed by atoms with Gasteiger partial charge in [0.2, 0.25) is 5.91 Å². The van der Waals surface area contributed by atoms with E-state index in [1.54, 1.807) is 6.20 Å². The van der Waals surface area contributed by atoms with E-state index in [1.165, 1.54) is 19.3 Å². The Balaban J connectivity index is 1.25. The van der Waals surface area contributed by atoms with E-state index in [9.17, 15) is 9.59 Å². The van der Waals surface area contributed by atoms with Crippen LogP contribution in [0.1, 0.15) is 81.7 Å². The molecule has 2 heterocycles. The van der Waals surface area contributed by atoms with E-state index in [0.717, 1.165) is 56.4 Å². The van der Waals surface area contributed by atoms with Crippen LogP contribution in [0.25, 0.3) is 0 Å². The molecule has 7 heteroatoms. The Morgan fingerprint density at radius 3 is 2.47 bits per heavy atom. The summed E-state index contributed by atoms with van der Waals surface area (Å²) in [6.45, 7) is 6.30. The van der Waals surface area contributed by atoms with Crippen molar-refractivity contribution in [3.05, 3.63) is 11.9 Å². The first kappa shape index (κ1) is 20.0. The zero-order valence-electron chi connectivity index (χ0n) is 18.3. The molecular formula is C23H35N5O2. The number of likely N-dealkylation sites (tertiary alicyclic amines) is 1. The van der Waals surface area contributed by atoms with Gasteiger partial charge in [0.1, 0.15) is 0 Å². The van der Waals surface area contributed by atoms with Gasteiger partial charge in [-0.1, -0.05) is 19.1 Å². The Hall–Kier alpha value is -1.92. The fraction of sp³-hybridized carbons (Fsp3) is 0.826. The highest BCUT2D eigenvalue weighted by Crippen LogP contribution is 2.60. The molecule has 7 nitrogen and oxygen atoms in total. The highest BCUT2D eigenvalue weighted by atomic mass is 16.2. The molecule has 5 fully saturated rings. The fourth-order valence-corrected chi connectivity index (χ4v) is 7.01. The summed E-state index contributed by atoms with van der Waals surface area (Å²) in [5.74, 6) is 2.97. The first-order valence-corrected chi connectivity index (χ1v) is 11.9. The molecule has 164 valence electrons. The van der Waals surface area contributed by atoms with Crippen molar-refractivity contribution in [3.8, 4) is 0 Å². The maximum absolute atomic E-state index is 13.7. The molecular weight excluding hydrogens is 378 g/mol. The quantitative estimate of drug-likeness (QED) is 0.805. The number of piperidine rings is 1. The van der Waals surface area contributed by atoms with E-state index in [-0.39, 0.29) is 17.4 Å². The molecule has 6 rings (SSSR count). The molecule has 4 bridgehead atoms. The molecule has 0 aromatic carbocycles. The van der Waals surface area contributed by atoms with Crippen molar-refractivity contribution in [3.63, 3.8) is 0 Å². The van der Waals surface area contributed by atoms with E-state index in [2.05, 4.69) is 34.4 Å². The summed E-state index contributed by atoms with van der Waals surface area (Å²) in [7, 11) is 0. The molecule has 1 atom stereocenters. The Bertz CT molecular complexity index is 781. The van der Waals surface area contributed by atoms with Crippen molar-refractivity contribution in [1.82, 2.24) is 25.2 Å². The monoisotopic (exact) mass is 413 g/mol. The number of carbonyl (C=O) groups is 2. The molecule has 4 saturated carbocycles. The average molecular weight is 414 g/mol. The number of rotatable bonds is 5. The molecule has 1 aromatic heterocycles. The lowest BCUT2D eigenvalue weighted by Gasteiger charge is -2.57. The minimum atomic E-state index is -0.174. The van der Waals surface area contributed by atoms with E-state index in [4.69, 9.17) is 0 Å². The van der Waals surface area contributed by atoms with Gasteiger partial charge in [0.05, 0.1) is 17.7 Å². The van der Waals surface area contributed by atoms with Crippen LogP contribution in [0, 0.1) is 29.1 Å². The summed E-state index contributed by atoms with van der Waals surface area (Å²) in [6.07, 6.45) is 11.1. The van der Waals surface area contributed by atoms with Gasteiger partial charge >= 0.3 is 0 Å². The second kappa shape index (κ2) is 7.65. The first-order valence-electron chi connectivity index (χ1n) is 11.9. The molecule has 30 heavy (non-hydrogen) atoms. The van der Waals surface area contributed by atoms with Gasteiger partial charge in [0, 0.05) is 19.6 Å². The van der Waals surface area contributed by atoms with Crippen LogP contribution < -0.4 is 5.32 Å². The topological polar surface area (TPSA) is 80.1 Å². The van der Waals surface area contributed by atoms with Gasteiger partial charge in [-0.2, -0.15) is 0 Å². The SMILES string of the molecule is CC(C)CNC(=O)c1cn(C2CCCN(C(=O)C34CC5CC(CC(C5)C3)C4)C2)nn1. The van der Waals surface area contributed by atoms with Gasteiger partial charge in [-0.3, -0.25) is 9.59 Å². The summed E-state index contributed by atoms with van der Waals surface area (Å²) >= 11 is 0. The lowest BCUT2D eigenvalue weighted by Crippen LogP contribution is -2.56. The predicted octanol–water partition coefficient (Wildman–Crippen LogP) is 3.04. The minimum absolute atomic E-state index is 0.0824. The third-order valence-corrected chi connectivity index (χ3v) is 7.96. The molecule has 0 radical (unpaired) electrons. The lowest BCUT2D eigenvalue weighted by atomic mass is 9.49. The van der Waals surface area contributed by atoms with E-state index >= 15 is 0 Å². The Labute approximate surface area is 178 Å². The van der Waals surface area contributed by atoms with Gasteiger partial charge in [0.25, 0.3) is 5.91 Å². The van der Waals surface area contributed by atoms with Crippen LogP contribution in [0.3, 0.4) is 0 Å². The zero-order valence-corrected chi connectivity index (χ0v) is 18.3. The summed E-state index contributed by atoms with van der Waals surface area (Å²) < 4.78 is 1.81. The summed E-state index contributed by atoms with van der Waals surface area (Å²) in [4.78, 5) is 28.1. The number of nitrogens with zero attached hydrogens (tertiary/aromatic N) is 4. The van der Waals surface area contributed by atoms with Crippen molar-refractivity contribution >= 4 is 11.8 Å². The van der Waals surface area contributed by atoms with E-state index in [0.29, 0.717) is 30.6 Å². The average Bonchev–Trinajstić information content (AvgIpc) is 3.21. The van der Waals surface area contributed by atoms with Gasteiger partial charge in [-0.05, 0) is 75.0 Å². The predicted molar refractivity (Wildman–Crippen MR) is 113 cm³/mol. The molecule has 4 aliphatic carbocycles. The largest absolute Gasteiger partial charge is 0.350 e. The van der Waals surface area contributed by atoms with Crippen molar-refractivity contribution in [2.24, 2.45) is 29.1 Å². The summed E-state index contributed by atoms with van der Waals surface area (Å²) in [5, 5.41) is 11.2. The van der Waals surface area contributed by atoms with Crippen molar-refractivity contribution < 1.29 is 9.59 Å². The standard InChI is InChI=1S/C23H35N5O2/c1-15(2)12-24-21(29)20-14-28(26-25-20)19-4-3-5-27(13-19)22(30)23-9-16-6-17(10-23)8-18(7-16)11-23/h14-19H,3-13H2,1-2H3,(H,24,29). The molecule has 1 aliphatic heterocycles.